The van der Waals surface area contributed by atoms with Crippen LogP contribution in [0.5, 0.6) is 5.75 Å². The van der Waals surface area contributed by atoms with Crippen molar-refractivity contribution in [1.29, 1.82) is 0 Å². The maximum Gasteiger partial charge on any atom is 0.176 e. The average molecular weight is 207 g/mol. The van der Waals surface area contributed by atoms with E-state index in [0.717, 1.165) is 23.3 Å². The van der Waals surface area contributed by atoms with Crippen LogP contribution in [-0.4, -0.2) is 26.5 Å². The molecule has 0 aliphatic heterocycles. The molecule has 0 bridgehead atoms. The smallest absolute Gasteiger partial charge is 0.176 e. The third-order valence-electron chi connectivity index (χ3n) is 2.34. The van der Waals surface area contributed by atoms with Gasteiger partial charge in [0.1, 0.15) is 5.75 Å². The van der Waals surface area contributed by atoms with Crippen LogP contribution < -0.4 is 10.1 Å². The second-order valence-corrected chi connectivity index (χ2v) is 3.29. The molecule has 0 amide bonds. The van der Waals surface area contributed by atoms with Crippen molar-refractivity contribution >= 4 is 5.78 Å². The molecule has 0 aromatic heterocycles. The fourth-order valence-electron chi connectivity index (χ4n) is 1.64. The van der Waals surface area contributed by atoms with Gasteiger partial charge in [-0.25, -0.2) is 0 Å². The molecule has 0 aliphatic carbocycles. The highest BCUT2D eigenvalue weighted by Crippen LogP contribution is 2.22. The van der Waals surface area contributed by atoms with Crippen LogP contribution in [0.25, 0.3) is 0 Å². The average Bonchev–Trinajstić information content (AvgIpc) is 2.28. The molecule has 82 valence electrons. The Morgan fingerprint density at radius 1 is 1.47 bits per heavy atom. The first-order chi connectivity index (χ1) is 7.24. The summed E-state index contributed by atoms with van der Waals surface area (Å²) in [6, 6.07) is 5.58. The topological polar surface area (TPSA) is 38.3 Å². The number of likely N-dealkylation sites (N-methyl/N-ethyl adjacent to an activating group) is 1. The molecular weight excluding hydrogens is 190 g/mol. The molecule has 1 aromatic rings. The summed E-state index contributed by atoms with van der Waals surface area (Å²) in [4.78, 5) is 11.8. The second kappa shape index (κ2) is 5.51. The van der Waals surface area contributed by atoms with Gasteiger partial charge in [-0.1, -0.05) is 19.1 Å². The van der Waals surface area contributed by atoms with E-state index in [1.165, 1.54) is 0 Å². The number of ether oxygens (including phenoxy) is 1. The molecule has 0 radical (unpaired) electrons. The lowest BCUT2D eigenvalue weighted by Gasteiger charge is -2.11. The van der Waals surface area contributed by atoms with Crippen LogP contribution in [0, 0.1) is 0 Å². The van der Waals surface area contributed by atoms with Crippen molar-refractivity contribution in [2.45, 2.75) is 13.3 Å². The Bertz CT molecular complexity index is 347. The van der Waals surface area contributed by atoms with Crippen molar-refractivity contribution in [1.82, 2.24) is 5.32 Å². The van der Waals surface area contributed by atoms with Gasteiger partial charge in [0, 0.05) is 11.1 Å². The van der Waals surface area contributed by atoms with E-state index in [-0.39, 0.29) is 5.78 Å². The van der Waals surface area contributed by atoms with Gasteiger partial charge in [-0.2, -0.15) is 0 Å². The Balaban J connectivity index is 3.11. The molecule has 0 atom stereocenters. The van der Waals surface area contributed by atoms with Gasteiger partial charge in [0.2, 0.25) is 0 Å². The normalized spacial score (nSPS) is 10.1. The first kappa shape index (κ1) is 11.7. The van der Waals surface area contributed by atoms with E-state index in [2.05, 4.69) is 5.32 Å². The Labute approximate surface area is 90.4 Å². The number of Topliss-reactive ketones (excluding diaryl/α,β-unsaturated/α-hetero) is 1. The highest BCUT2D eigenvalue weighted by molar-refractivity contribution is 5.99. The van der Waals surface area contributed by atoms with Crippen LogP contribution in [0.3, 0.4) is 0 Å². The first-order valence-electron chi connectivity index (χ1n) is 5.08. The maximum absolute atomic E-state index is 11.8. The van der Waals surface area contributed by atoms with Gasteiger partial charge in [-0.05, 0) is 19.5 Å². The summed E-state index contributed by atoms with van der Waals surface area (Å²) >= 11 is 0. The Hall–Kier alpha value is -1.35. The van der Waals surface area contributed by atoms with Gasteiger partial charge in [-0.15, -0.1) is 0 Å². The Morgan fingerprint density at radius 3 is 2.73 bits per heavy atom. The highest BCUT2D eigenvalue weighted by Gasteiger charge is 2.12. The number of carbonyl (C=O) groups is 1. The van der Waals surface area contributed by atoms with E-state index < -0.39 is 0 Å². The quantitative estimate of drug-likeness (QED) is 0.746. The molecule has 0 fully saturated rings. The number of rotatable bonds is 5. The van der Waals surface area contributed by atoms with Crippen LogP contribution >= 0.6 is 0 Å². The number of nitrogens with one attached hydrogen (secondary N) is 1. The Kier molecular flexibility index (Phi) is 4.31. The van der Waals surface area contributed by atoms with E-state index in [1.807, 2.05) is 25.1 Å². The van der Waals surface area contributed by atoms with Gasteiger partial charge in [0.25, 0.3) is 0 Å². The minimum atomic E-state index is 0.105. The predicted octanol–water partition coefficient (Wildman–Crippen LogP) is 1.66. The van der Waals surface area contributed by atoms with E-state index in [4.69, 9.17) is 4.74 Å². The number of ketones is 1. The number of hydrogen-bond acceptors (Lipinski definition) is 3. The summed E-state index contributed by atoms with van der Waals surface area (Å²) in [5, 5.41) is 2.86. The van der Waals surface area contributed by atoms with Crippen molar-refractivity contribution in [3.05, 3.63) is 29.3 Å². The van der Waals surface area contributed by atoms with E-state index in [1.54, 1.807) is 14.2 Å². The largest absolute Gasteiger partial charge is 0.496 e. The number of carbonyl (C=O) groups excluding carboxylic acids is 1. The molecule has 1 N–H and O–H groups in total. The van der Waals surface area contributed by atoms with Crippen LogP contribution in [0.2, 0.25) is 0 Å². The van der Waals surface area contributed by atoms with Gasteiger partial charge in [0.05, 0.1) is 13.7 Å². The zero-order valence-electron chi connectivity index (χ0n) is 9.46. The van der Waals surface area contributed by atoms with Gasteiger partial charge in [-0.3, -0.25) is 4.79 Å². The molecule has 0 unspecified atom stereocenters. The SMILES string of the molecule is CCc1c(OC)cccc1C(=O)CNC. The summed E-state index contributed by atoms with van der Waals surface area (Å²) in [5.74, 6) is 0.896. The lowest BCUT2D eigenvalue weighted by molar-refractivity contribution is 0.0992. The summed E-state index contributed by atoms with van der Waals surface area (Å²) in [5.41, 5.74) is 1.74. The highest BCUT2D eigenvalue weighted by atomic mass is 16.5. The lowest BCUT2D eigenvalue weighted by atomic mass is 10.0. The number of hydrogen-bond donors (Lipinski definition) is 1. The molecule has 3 heteroatoms. The molecule has 1 aromatic carbocycles. The summed E-state index contributed by atoms with van der Waals surface area (Å²) < 4.78 is 5.23. The molecule has 0 spiro atoms. The van der Waals surface area contributed by atoms with Gasteiger partial charge >= 0.3 is 0 Å². The van der Waals surface area contributed by atoms with E-state index in [0.29, 0.717) is 6.54 Å². The standard InChI is InChI=1S/C12H17NO2/c1-4-9-10(11(14)8-13-2)6-5-7-12(9)15-3/h5-7,13H,4,8H2,1-3H3. The molecule has 0 aliphatic rings. The van der Waals surface area contributed by atoms with Crippen molar-refractivity contribution in [3.63, 3.8) is 0 Å². The first-order valence-corrected chi connectivity index (χ1v) is 5.08. The Morgan fingerprint density at radius 2 is 2.20 bits per heavy atom. The molecule has 0 heterocycles. The minimum Gasteiger partial charge on any atom is -0.496 e. The fourth-order valence-corrected chi connectivity index (χ4v) is 1.64. The molecule has 3 nitrogen and oxygen atoms in total. The van der Waals surface area contributed by atoms with Crippen LogP contribution in [0.4, 0.5) is 0 Å². The van der Waals surface area contributed by atoms with Gasteiger partial charge < -0.3 is 10.1 Å². The van der Waals surface area contributed by atoms with Crippen molar-refractivity contribution in [2.75, 3.05) is 20.7 Å². The van der Waals surface area contributed by atoms with Crippen LogP contribution in [-0.2, 0) is 6.42 Å². The maximum atomic E-state index is 11.8. The molecule has 15 heavy (non-hydrogen) atoms. The summed E-state index contributed by atoms with van der Waals surface area (Å²) in [6.45, 7) is 2.38. The van der Waals surface area contributed by atoms with Gasteiger partial charge in [0.15, 0.2) is 5.78 Å². The zero-order chi connectivity index (χ0) is 11.3. The van der Waals surface area contributed by atoms with Crippen molar-refractivity contribution in [3.8, 4) is 5.75 Å². The monoisotopic (exact) mass is 207 g/mol. The molecule has 1 rings (SSSR count). The van der Waals surface area contributed by atoms with Crippen LogP contribution in [0.1, 0.15) is 22.8 Å². The number of methoxy groups -OCH3 is 1. The van der Waals surface area contributed by atoms with Crippen molar-refractivity contribution in [2.24, 2.45) is 0 Å². The van der Waals surface area contributed by atoms with Crippen LogP contribution in [0.15, 0.2) is 18.2 Å². The van der Waals surface area contributed by atoms with Crippen molar-refractivity contribution < 1.29 is 9.53 Å². The third kappa shape index (κ3) is 2.57. The third-order valence-corrected chi connectivity index (χ3v) is 2.34. The lowest BCUT2D eigenvalue weighted by Crippen LogP contribution is -2.19. The molecular formula is C12H17NO2. The molecule has 0 saturated carbocycles. The van der Waals surface area contributed by atoms with E-state index in [9.17, 15) is 4.79 Å². The number of benzene rings is 1. The second-order valence-electron chi connectivity index (χ2n) is 3.29. The molecule has 0 saturated heterocycles. The predicted molar refractivity (Wildman–Crippen MR) is 60.6 cm³/mol. The summed E-state index contributed by atoms with van der Waals surface area (Å²) in [6.07, 6.45) is 0.800. The zero-order valence-corrected chi connectivity index (χ0v) is 9.46. The van der Waals surface area contributed by atoms with E-state index >= 15 is 0 Å². The minimum absolute atomic E-state index is 0.105. The summed E-state index contributed by atoms with van der Waals surface area (Å²) in [7, 11) is 3.39. The fraction of sp³-hybridized carbons (Fsp3) is 0.417.